The lowest BCUT2D eigenvalue weighted by Gasteiger charge is -2.06. The molecule has 0 amide bonds. The molecular formula is C15H11Br4. The Kier molecular flexibility index (Phi) is 6.12. The average molecular weight is 511 g/mol. The molecule has 0 bridgehead atoms. The van der Waals surface area contributed by atoms with Gasteiger partial charge in [-0.15, -0.1) is 0 Å². The largest absolute Gasteiger partial charge is 0.0508 e. The second-order valence-corrected chi connectivity index (χ2v) is 7.81. The highest BCUT2D eigenvalue weighted by atomic mass is 79.9. The van der Waals surface area contributed by atoms with Gasteiger partial charge in [-0.25, -0.2) is 0 Å². The van der Waals surface area contributed by atoms with E-state index in [1.807, 2.05) is 12.1 Å². The monoisotopic (exact) mass is 507 g/mol. The molecule has 99 valence electrons. The van der Waals surface area contributed by atoms with E-state index < -0.39 is 0 Å². The normalized spacial score (nSPS) is 10.7. The van der Waals surface area contributed by atoms with Crippen molar-refractivity contribution in [2.75, 3.05) is 0 Å². The molecule has 0 aromatic heterocycles. The maximum atomic E-state index is 3.58. The van der Waals surface area contributed by atoms with Crippen LogP contribution in [-0.4, -0.2) is 0 Å². The Hall–Kier alpha value is 0.360. The van der Waals surface area contributed by atoms with Crippen molar-refractivity contribution in [3.8, 4) is 0 Å². The highest BCUT2D eigenvalue weighted by Crippen LogP contribution is 2.24. The predicted octanol–water partition coefficient (Wildman–Crippen LogP) is 6.73. The van der Waals surface area contributed by atoms with Crippen LogP contribution >= 0.6 is 63.7 Å². The molecule has 1 radical (unpaired) electrons. The lowest BCUT2D eigenvalue weighted by atomic mass is 10.0. The van der Waals surface area contributed by atoms with Crippen LogP contribution in [0.15, 0.2) is 54.3 Å². The maximum Gasteiger partial charge on any atom is 0.0208 e. The first-order valence-corrected chi connectivity index (χ1v) is 8.92. The highest BCUT2D eigenvalue weighted by Gasteiger charge is 2.03. The third kappa shape index (κ3) is 5.00. The third-order valence-electron chi connectivity index (χ3n) is 2.67. The summed E-state index contributed by atoms with van der Waals surface area (Å²) in [6.45, 7) is 0. The molecule has 2 aromatic carbocycles. The summed E-state index contributed by atoms with van der Waals surface area (Å²) in [4.78, 5) is 0. The molecule has 0 N–H and O–H groups in total. The van der Waals surface area contributed by atoms with Crippen molar-refractivity contribution in [2.45, 2.75) is 12.8 Å². The van der Waals surface area contributed by atoms with E-state index in [2.05, 4.69) is 94.4 Å². The summed E-state index contributed by atoms with van der Waals surface area (Å²) in [5.41, 5.74) is 2.59. The Morgan fingerprint density at radius 2 is 1.42 bits per heavy atom. The van der Waals surface area contributed by atoms with Gasteiger partial charge in [-0.05, 0) is 66.8 Å². The molecule has 2 rings (SSSR count). The standard InChI is InChI=1S/C15H11Br4/c16-12-4-5-15(19)11(8-12)3-1-2-10-6-13(17)9-14(18)7-10/h1,4-9H,2-3H2. The SMILES string of the molecule is Brc1cc(Br)cc(C[CH]Cc2cc(Br)ccc2Br)c1. The lowest BCUT2D eigenvalue weighted by Crippen LogP contribution is -1.93. The van der Waals surface area contributed by atoms with Gasteiger partial charge in [-0.1, -0.05) is 63.7 Å². The smallest absolute Gasteiger partial charge is 0.0208 e. The molecule has 0 aliphatic rings. The van der Waals surface area contributed by atoms with E-state index in [9.17, 15) is 0 Å². The Bertz CT molecular complexity index is 558. The zero-order chi connectivity index (χ0) is 13.8. The van der Waals surface area contributed by atoms with Crippen molar-refractivity contribution in [1.82, 2.24) is 0 Å². The van der Waals surface area contributed by atoms with Crippen LogP contribution in [0, 0.1) is 6.42 Å². The van der Waals surface area contributed by atoms with Crippen molar-refractivity contribution in [2.24, 2.45) is 0 Å². The molecular weight excluding hydrogens is 500 g/mol. The van der Waals surface area contributed by atoms with Crippen molar-refractivity contribution >= 4 is 63.7 Å². The fourth-order valence-corrected chi connectivity index (χ4v) is 4.03. The van der Waals surface area contributed by atoms with Gasteiger partial charge in [0.1, 0.15) is 0 Å². The van der Waals surface area contributed by atoms with Crippen molar-refractivity contribution in [3.63, 3.8) is 0 Å². The number of halogens is 4. The van der Waals surface area contributed by atoms with Gasteiger partial charge in [0.05, 0.1) is 0 Å². The summed E-state index contributed by atoms with van der Waals surface area (Å²) in [7, 11) is 0. The van der Waals surface area contributed by atoms with Crippen molar-refractivity contribution < 1.29 is 0 Å². The van der Waals surface area contributed by atoms with Crippen LogP contribution in [0.3, 0.4) is 0 Å². The minimum Gasteiger partial charge on any atom is -0.0508 e. The van der Waals surface area contributed by atoms with Gasteiger partial charge < -0.3 is 0 Å². The zero-order valence-electron chi connectivity index (χ0n) is 9.97. The predicted molar refractivity (Wildman–Crippen MR) is 95.4 cm³/mol. The molecule has 0 aliphatic carbocycles. The summed E-state index contributed by atoms with van der Waals surface area (Å²) in [5, 5.41) is 0. The molecule has 4 heteroatoms. The highest BCUT2D eigenvalue weighted by molar-refractivity contribution is 9.11. The Balaban J connectivity index is 1.98. The summed E-state index contributed by atoms with van der Waals surface area (Å²) in [6.07, 6.45) is 4.20. The van der Waals surface area contributed by atoms with E-state index in [-0.39, 0.29) is 0 Å². The van der Waals surface area contributed by atoms with Crippen LogP contribution < -0.4 is 0 Å². The molecule has 0 atom stereocenters. The number of hydrogen-bond acceptors (Lipinski definition) is 0. The minimum atomic E-state index is 0.949. The van der Waals surface area contributed by atoms with Crippen molar-refractivity contribution in [1.29, 1.82) is 0 Å². The van der Waals surface area contributed by atoms with Gasteiger partial charge in [0, 0.05) is 17.9 Å². The average Bonchev–Trinajstić information content (AvgIpc) is 2.32. The fraction of sp³-hybridized carbons (Fsp3) is 0.133. The first-order valence-electron chi connectivity index (χ1n) is 5.75. The second-order valence-electron chi connectivity index (χ2n) is 4.21. The maximum absolute atomic E-state index is 3.58. The van der Waals surface area contributed by atoms with Crippen LogP contribution in [0.4, 0.5) is 0 Å². The van der Waals surface area contributed by atoms with E-state index in [1.165, 1.54) is 11.1 Å². The van der Waals surface area contributed by atoms with Crippen LogP contribution in [0.25, 0.3) is 0 Å². The van der Waals surface area contributed by atoms with E-state index >= 15 is 0 Å². The first kappa shape index (κ1) is 15.7. The Labute approximate surface area is 147 Å². The van der Waals surface area contributed by atoms with E-state index in [1.54, 1.807) is 0 Å². The van der Waals surface area contributed by atoms with Crippen LogP contribution in [0.5, 0.6) is 0 Å². The summed E-state index contributed by atoms with van der Waals surface area (Å²) < 4.78 is 4.48. The van der Waals surface area contributed by atoms with Gasteiger partial charge in [-0.2, -0.15) is 0 Å². The molecule has 2 aromatic rings. The number of benzene rings is 2. The van der Waals surface area contributed by atoms with E-state index in [4.69, 9.17) is 0 Å². The first-order chi connectivity index (χ1) is 9.04. The fourth-order valence-electron chi connectivity index (χ4n) is 1.82. The lowest BCUT2D eigenvalue weighted by molar-refractivity contribution is 1.02. The molecule has 0 unspecified atom stereocenters. The Morgan fingerprint density at radius 1 is 0.737 bits per heavy atom. The zero-order valence-corrected chi connectivity index (χ0v) is 16.3. The van der Waals surface area contributed by atoms with E-state index in [0.717, 1.165) is 30.7 Å². The van der Waals surface area contributed by atoms with Crippen LogP contribution in [-0.2, 0) is 12.8 Å². The van der Waals surface area contributed by atoms with Gasteiger partial charge in [-0.3, -0.25) is 0 Å². The molecule has 0 heterocycles. The van der Waals surface area contributed by atoms with Gasteiger partial charge in [0.15, 0.2) is 0 Å². The minimum absolute atomic E-state index is 0.949. The van der Waals surface area contributed by atoms with Gasteiger partial charge >= 0.3 is 0 Å². The summed E-state index contributed by atoms with van der Waals surface area (Å²) >= 11 is 14.1. The topological polar surface area (TPSA) is 0 Å². The molecule has 0 nitrogen and oxygen atoms in total. The molecule has 0 spiro atoms. The van der Waals surface area contributed by atoms with Crippen LogP contribution in [0.2, 0.25) is 0 Å². The third-order valence-corrected chi connectivity index (χ3v) is 4.86. The van der Waals surface area contributed by atoms with Crippen LogP contribution in [0.1, 0.15) is 11.1 Å². The number of hydrogen-bond donors (Lipinski definition) is 0. The second kappa shape index (κ2) is 7.39. The molecule has 0 saturated carbocycles. The van der Waals surface area contributed by atoms with E-state index in [0.29, 0.717) is 0 Å². The summed E-state index contributed by atoms with van der Waals surface area (Å²) in [6, 6.07) is 12.6. The van der Waals surface area contributed by atoms with Gasteiger partial charge in [0.25, 0.3) is 0 Å². The molecule has 0 fully saturated rings. The molecule has 19 heavy (non-hydrogen) atoms. The van der Waals surface area contributed by atoms with Crippen molar-refractivity contribution in [3.05, 3.63) is 71.8 Å². The van der Waals surface area contributed by atoms with Gasteiger partial charge in [0.2, 0.25) is 0 Å². The summed E-state index contributed by atoms with van der Waals surface area (Å²) in [5.74, 6) is 0. The molecule has 0 aliphatic heterocycles. The molecule has 0 saturated heterocycles. The quantitative estimate of drug-likeness (QED) is 0.428. The number of rotatable bonds is 4. The Morgan fingerprint density at radius 3 is 2.11 bits per heavy atom.